The molecule has 20 heavy (non-hydrogen) atoms. The number of benzene rings is 1. The highest BCUT2D eigenvalue weighted by molar-refractivity contribution is 5.35. The number of nitro benzene ring substituents is 1. The third kappa shape index (κ3) is 2.58. The van der Waals surface area contributed by atoms with Crippen molar-refractivity contribution >= 4 is 5.69 Å². The fourth-order valence-corrected chi connectivity index (χ4v) is 1.62. The van der Waals surface area contributed by atoms with Crippen molar-refractivity contribution in [3.05, 3.63) is 69.0 Å². The van der Waals surface area contributed by atoms with Crippen LogP contribution in [0.4, 0.5) is 23.2 Å². The fourth-order valence-electron chi connectivity index (χ4n) is 1.62. The van der Waals surface area contributed by atoms with Crippen molar-refractivity contribution in [3.8, 4) is 0 Å². The average Bonchev–Trinajstić information content (AvgIpc) is 2.42. The lowest BCUT2D eigenvalue weighted by molar-refractivity contribution is -0.384. The molecular formula is C12H6F4N2O2. The minimum Gasteiger partial charge on any atom is -0.258 e. The predicted octanol–water partition coefficient (Wildman–Crippen LogP) is 3.14. The van der Waals surface area contributed by atoms with Crippen LogP contribution < -0.4 is 0 Å². The van der Waals surface area contributed by atoms with E-state index in [1.54, 1.807) is 0 Å². The minimum atomic E-state index is -1.74. The molecule has 0 aliphatic carbocycles. The summed E-state index contributed by atoms with van der Waals surface area (Å²) in [5.41, 5.74) is -0.760. The summed E-state index contributed by atoms with van der Waals surface area (Å²) in [4.78, 5) is 12.2. The molecule has 0 saturated heterocycles. The second kappa shape index (κ2) is 5.24. The van der Waals surface area contributed by atoms with Crippen molar-refractivity contribution in [2.75, 3.05) is 0 Å². The molecule has 0 N–H and O–H groups in total. The highest BCUT2D eigenvalue weighted by atomic mass is 19.2. The van der Waals surface area contributed by atoms with Gasteiger partial charge in [0.25, 0.3) is 17.6 Å². The standard InChI is InChI=1S/C12H6F4N2O2/c13-9-8(10(14)12(16)17-11(9)15)5-6-1-3-7(4-2-6)18(19)20/h1-4H,5H2. The molecule has 0 aliphatic heterocycles. The Kier molecular flexibility index (Phi) is 3.64. The zero-order valence-corrected chi connectivity index (χ0v) is 9.74. The summed E-state index contributed by atoms with van der Waals surface area (Å²) in [5, 5.41) is 10.4. The first-order valence-electron chi connectivity index (χ1n) is 5.32. The van der Waals surface area contributed by atoms with E-state index in [0.29, 0.717) is 0 Å². The molecule has 1 aromatic heterocycles. The van der Waals surface area contributed by atoms with Gasteiger partial charge in [-0.3, -0.25) is 10.1 Å². The lowest BCUT2D eigenvalue weighted by Gasteiger charge is -2.06. The van der Waals surface area contributed by atoms with Gasteiger partial charge in [0.05, 0.1) is 4.92 Å². The Morgan fingerprint density at radius 2 is 1.50 bits per heavy atom. The topological polar surface area (TPSA) is 56.0 Å². The molecule has 0 aliphatic rings. The van der Waals surface area contributed by atoms with E-state index < -0.39 is 40.4 Å². The van der Waals surface area contributed by atoms with Crippen LogP contribution in [0.2, 0.25) is 0 Å². The molecule has 0 spiro atoms. The van der Waals surface area contributed by atoms with Crippen LogP contribution in [-0.4, -0.2) is 9.91 Å². The molecule has 1 heterocycles. The van der Waals surface area contributed by atoms with Gasteiger partial charge in [-0.15, -0.1) is 0 Å². The smallest absolute Gasteiger partial charge is 0.258 e. The summed E-state index contributed by atoms with van der Waals surface area (Å²) < 4.78 is 52.6. The molecule has 0 saturated carbocycles. The molecule has 2 aromatic rings. The molecule has 0 atom stereocenters. The van der Waals surface area contributed by atoms with Crippen LogP contribution in [0.25, 0.3) is 0 Å². The van der Waals surface area contributed by atoms with Crippen LogP contribution in [0, 0.1) is 33.6 Å². The van der Waals surface area contributed by atoms with E-state index >= 15 is 0 Å². The van der Waals surface area contributed by atoms with Crippen molar-refractivity contribution in [3.63, 3.8) is 0 Å². The maximum atomic E-state index is 13.4. The van der Waals surface area contributed by atoms with Gasteiger partial charge in [0.15, 0.2) is 11.6 Å². The summed E-state index contributed by atoms with van der Waals surface area (Å²) in [6.07, 6.45) is -0.452. The average molecular weight is 286 g/mol. The predicted molar refractivity (Wildman–Crippen MR) is 60.0 cm³/mol. The Bertz CT molecular complexity index is 648. The largest absolute Gasteiger partial charge is 0.269 e. The second-order valence-corrected chi connectivity index (χ2v) is 3.90. The Balaban J connectivity index is 2.37. The van der Waals surface area contributed by atoms with Gasteiger partial charge in [-0.05, 0) is 5.56 Å². The normalized spacial score (nSPS) is 10.6. The molecule has 1 aromatic carbocycles. The maximum Gasteiger partial charge on any atom is 0.269 e. The SMILES string of the molecule is O=[N+]([O-])c1ccc(Cc2c(F)c(F)nc(F)c2F)cc1. The van der Waals surface area contributed by atoms with Crippen molar-refractivity contribution in [2.45, 2.75) is 6.42 Å². The van der Waals surface area contributed by atoms with Gasteiger partial charge in [0, 0.05) is 24.1 Å². The fraction of sp³-hybridized carbons (Fsp3) is 0.0833. The maximum absolute atomic E-state index is 13.4. The molecule has 8 heteroatoms. The van der Waals surface area contributed by atoms with Crippen molar-refractivity contribution < 1.29 is 22.5 Å². The molecule has 2 rings (SSSR count). The van der Waals surface area contributed by atoms with Gasteiger partial charge in [0.1, 0.15) is 0 Å². The molecule has 104 valence electrons. The molecule has 0 unspecified atom stereocenters. The van der Waals surface area contributed by atoms with Gasteiger partial charge in [-0.25, -0.2) is 8.78 Å². The Morgan fingerprint density at radius 1 is 1.00 bits per heavy atom. The van der Waals surface area contributed by atoms with Gasteiger partial charge < -0.3 is 0 Å². The monoisotopic (exact) mass is 286 g/mol. The van der Waals surface area contributed by atoms with Crippen molar-refractivity contribution in [1.82, 2.24) is 4.98 Å². The first-order valence-corrected chi connectivity index (χ1v) is 5.32. The van der Waals surface area contributed by atoms with E-state index in [0.717, 1.165) is 12.1 Å². The van der Waals surface area contributed by atoms with E-state index in [9.17, 15) is 27.7 Å². The van der Waals surface area contributed by atoms with E-state index in [2.05, 4.69) is 4.98 Å². The quantitative estimate of drug-likeness (QED) is 0.377. The van der Waals surface area contributed by atoms with Gasteiger partial charge in [-0.1, -0.05) is 12.1 Å². The van der Waals surface area contributed by atoms with E-state index in [-0.39, 0.29) is 11.3 Å². The summed E-state index contributed by atoms with van der Waals surface area (Å²) in [7, 11) is 0. The minimum absolute atomic E-state index is 0.207. The number of hydrogen-bond donors (Lipinski definition) is 0. The van der Waals surface area contributed by atoms with Crippen LogP contribution in [0.5, 0.6) is 0 Å². The molecule has 0 fully saturated rings. The first kappa shape index (κ1) is 13.9. The number of nitro groups is 1. The zero-order chi connectivity index (χ0) is 14.9. The third-order valence-electron chi connectivity index (χ3n) is 2.62. The van der Waals surface area contributed by atoms with Crippen LogP contribution in [0.15, 0.2) is 24.3 Å². The van der Waals surface area contributed by atoms with Gasteiger partial charge >= 0.3 is 0 Å². The lowest BCUT2D eigenvalue weighted by Crippen LogP contribution is -2.07. The number of pyridine rings is 1. The highest BCUT2D eigenvalue weighted by Crippen LogP contribution is 2.21. The Morgan fingerprint density at radius 3 is 1.95 bits per heavy atom. The summed E-state index contributed by atoms with van der Waals surface area (Å²) >= 11 is 0. The van der Waals surface area contributed by atoms with Gasteiger partial charge in [-0.2, -0.15) is 13.8 Å². The number of non-ortho nitro benzene ring substituents is 1. The number of hydrogen-bond acceptors (Lipinski definition) is 3. The van der Waals surface area contributed by atoms with Crippen LogP contribution in [0.1, 0.15) is 11.1 Å². The summed E-state index contributed by atoms with van der Waals surface area (Å²) in [5.74, 6) is -6.63. The third-order valence-corrected chi connectivity index (χ3v) is 2.62. The van der Waals surface area contributed by atoms with Crippen LogP contribution in [-0.2, 0) is 6.42 Å². The second-order valence-electron chi connectivity index (χ2n) is 3.90. The summed E-state index contributed by atoms with van der Waals surface area (Å²) in [6.45, 7) is 0. The molecule has 0 bridgehead atoms. The van der Waals surface area contributed by atoms with Crippen LogP contribution in [0.3, 0.4) is 0 Å². The van der Waals surface area contributed by atoms with E-state index in [4.69, 9.17) is 0 Å². The van der Waals surface area contributed by atoms with Gasteiger partial charge in [0.2, 0.25) is 0 Å². The van der Waals surface area contributed by atoms with Crippen LogP contribution >= 0.6 is 0 Å². The number of nitrogens with zero attached hydrogens (tertiary/aromatic N) is 2. The van der Waals surface area contributed by atoms with E-state index in [1.807, 2.05) is 0 Å². The number of aromatic nitrogens is 1. The molecule has 4 nitrogen and oxygen atoms in total. The number of halogens is 4. The lowest BCUT2D eigenvalue weighted by atomic mass is 10.0. The zero-order valence-electron chi connectivity index (χ0n) is 9.74. The first-order chi connectivity index (χ1) is 9.40. The van der Waals surface area contributed by atoms with E-state index in [1.165, 1.54) is 12.1 Å². The molecule has 0 amide bonds. The van der Waals surface area contributed by atoms with Crippen molar-refractivity contribution in [1.29, 1.82) is 0 Å². The number of rotatable bonds is 3. The summed E-state index contributed by atoms with van der Waals surface area (Å²) in [6, 6.07) is 4.73. The molecule has 0 radical (unpaired) electrons. The Hall–Kier alpha value is -2.51. The highest BCUT2D eigenvalue weighted by Gasteiger charge is 2.20. The Labute approximate surface area is 109 Å². The van der Waals surface area contributed by atoms with Crippen molar-refractivity contribution in [2.24, 2.45) is 0 Å². The molecular weight excluding hydrogens is 280 g/mol.